The molecule has 0 atom stereocenters. The van der Waals surface area contributed by atoms with E-state index in [4.69, 9.17) is 4.74 Å². The first-order valence-corrected chi connectivity index (χ1v) is 8.96. The van der Waals surface area contributed by atoms with Crippen LogP contribution in [0.1, 0.15) is 26.3 Å². The Morgan fingerprint density at radius 2 is 2.22 bits per heavy atom. The van der Waals surface area contributed by atoms with E-state index in [0.717, 1.165) is 5.56 Å². The minimum atomic E-state index is -3.80. The molecule has 1 aliphatic heterocycles. The number of sulfonamides is 1. The number of nitrogens with zero attached hydrogens (tertiary/aromatic N) is 3. The van der Waals surface area contributed by atoms with E-state index < -0.39 is 10.0 Å². The lowest BCUT2D eigenvalue weighted by Gasteiger charge is -2.30. The number of rotatable bonds is 4. The van der Waals surface area contributed by atoms with Crippen molar-refractivity contribution in [1.82, 2.24) is 14.8 Å². The molecule has 0 bridgehead atoms. The van der Waals surface area contributed by atoms with E-state index in [1.165, 1.54) is 6.20 Å². The third-order valence-corrected chi connectivity index (χ3v) is 5.05. The van der Waals surface area contributed by atoms with Crippen LogP contribution in [0.5, 0.6) is 5.88 Å². The Labute approximate surface area is 135 Å². The summed E-state index contributed by atoms with van der Waals surface area (Å²) >= 11 is 0. The van der Waals surface area contributed by atoms with Crippen molar-refractivity contribution in [2.24, 2.45) is 5.41 Å². The maximum absolute atomic E-state index is 12.7. The fourth-order valence-electron chi connectivity index (χ4n) is 2.51. The van der Waals surface area contributed by atoms with Crippen LogP contribution in [0.3, 0.4) is 0 Å². The van der Waals surface area contributed by atoms with Gasteiger partial charge in [-0.25, -0.2) is 18.1 Å². The van der Waals surface area contributed by atoms with Crippen LogP contribution in [0.4, 0.5) is 5.82 Å². The van der Waals surface area contributed by atoms with E-state index in [1.54, 1.807) is 16.9 Å². The molecule has 124 valence electrons. The highest BCUT2D eigenvalue weighted by atomic mass is 32.2. The number of anilines is 1. The molecule has 1 N–H and O–H groups in total. The van der Waals surface area contributed by atoms with E-state index in [1.807, 2.05) is 26.8 Å². The normalized spacial score (nSPS) is 16.5. The highest BCUT2D eigenvalue weighted by Gasteiger charge is 2.33. The van der Waals surface area contributed by atoms with Crippen molar-refractivity contribution in [1.29, 1.82) is 0 Å². The number of hydrogen-bond donors (Lipinski definition) is 1. The monoisotopic (exact) mass is 336 g/mol. The first-order valence-electron chi connectivity index (χ1n) is 7.48. The van der Waals surface area contributed by atoms with Crippen molar-refractivity contribution in [3.63, 3.8) is 0 Å². The highest BCUT2D eigenvalue weighted by Crippen LogP contribution is 2.33. The van der Waals surface area contributed by atoms with Gasteiger partial charge in [-0.3, -0.25) is 4.72 Å². The summed E-state index contributed by atoms with van der Waals surface area (Å²) in [4.78, 5) is 4.16. The quantitative estimate of drug-likeness (QED) is 0.923. The van der Waals surface area contributed by atoms with Gasteiger partial charge in [0.2, 0.25) is 5.88 Å². The van der Waals surface area contributed by atoms with E-state index in [0.29, 0.717) is 25.4 Å². The molecule has 23 heavy (non-hydrogen) atoms. The average molecular weight is 336 g/mol. The summed E-state index contributed by atoms with van der Waals surface area (Å²) in [5.41, 5.74) is 0.753. The van der Waals surface area contributed by atoms with E-state index in [9.17, 15) is 8.42 Å². The molecule has 1 aliphatic rings. The Kier molecular flexibility index (Phi) is 3.79. The van der Waals surface area contributed by atoms with Gasteiger partial charge < -0.3 is 4.74 Å². The number of aromatic nitrogens is 3. The van der Waals surface area contributed by atoms with Gasteiger partial charge in [0.1, 0.15) is 5.82 Å². The zero-order valence-corrected chi connectivity index (χ0v) is 14.2. The zero-order chi connectivity index (χ0) is 16.7. The van der Waals surface area contributed by atoms with Crippen molar-refractivity contribution in [3.8, 4) is 5.88 Å². The lowest BCUT2D eigenvalue weighted by molar-refractivity contribution is 0.0971. The van der Waals surface area contributed by atoms with Crippen molar-refractivity contribution in [3.05, 3.63) is 30.1 Å². The summed E-state index contributed by atoms with van der Waals surface area (Å²) in [5.74, 6) is 0.622. The van der Waals surface area contributed by atoms with Gasteiger partial charge >= 0.3 is 0 Å². The molecular weight excluding hydrogens is 316 g/mol. The van der Waals surface area contributed by atoms with Crippen molar-refractivity contribution in [2.75, 3.05) is 11.3 Å². The molecule has 0 radical (unpaired) electrons. The molecule has 2 aromatic heterocycles. The number of aryl methyl sites for hydroxylation is 1. The molecule has 0 unspecified atom stereocenters. The predicted octanol–water partition coefficient (Wildman–Crippen LogP) is 2.06. The van der Waals surface area contributed by atoms with Crippen LogP contribution in [-0.2, 0) is 23.0 Å². The number of ether oxygens (including phenoxy) is 1. The molecule has 0 aromatic carbocycles. The Morgan fingerprint density at radius 1 is 1.43 bits per heavy atom. The second-order valence-electron chi connectivity index (χ2n) is 6.39. The van der Waals surface area contributed by atoms with Crippen molar-refractivity contribution < 1.29 is 13.2 Å². The number of fused-ring (bicyclic) bond motifs is 1. The van der Waals surface area contributed by atoms with Crippen LogP contribution < -0.4 is 9.46 Å². The van der Waals surface area contributed by atoms with E-state index >= 15 is 0 Å². The Balaban J connectivity index is 1.94. The summed E-state index contributed by atoms with van der Waals surface area (Å²) in [6.07, 6.45) is 3.57. The maximum Gasteiger partial charge on any atom is 0.270 e. The minimum Gasteiger partial charge on any atom is -0.476 e. The zero-order valence-electron chi connectivity index (χ0n) is 13.4. The molecule has 0 aliphatic carbocycles. The first kappa shape index (κ1) is 15.8. The van der Waals surface area contributed by atoms with Gasteiger partial charge in [-0.1, -0.05) is 26.8 Å². The molecule has 3 heterocycles. The molecule has 0 saturated carbocycles. The van der Waals surface area contributed by atoms with Gasteiger partial charge in [-0.2, -0.15) is 5.10 Å². The Hall–Kier alpha value is -2.09. The SMILES string of the molecule is CCc1cccnc1NS(=O)(=O)c1cnn2c1OCC(C)(C)C2. The molecule has 7 nitrogen and oxygen atoms in total. The second kappa shape index (κ2) is 5.52. The fourth-order valence-corrected chi connectivity index (χ4v) is 3.64. The van der Waals surface area contributed by atoms with Crippen LogP contribution in [0, 0.1) is 5.41 Å². The fraction of sp³-hybridized carbons (Fsp3) is 0.467. The van der Waals surface area contributed by atoms with Gasteiger partial charge in [0.15, 0.2) is 4.90 Å². The molecule has 0 saturated heterocycles. The molecule has 2 aromatic rings. The van der Waals surface area contributed by atoms with Gasteiger partial charge in [0, 0.05) is 11.6 Å². The molecular formula is C15H20N4O3S. The van der Waals surface area contributed by atoms with Crippen molar-refractivity contribution in [2.45, 2.75) is 38.6 Å². The minimum absolute atomic E-state index is 0.0423. The Morgan fingerprint density at radius 3 is 2.96 bits per heavy atom. The largest absolute Gasteiger partial charge is 0.476 e. The molecule has 0 amide bonds. The summed E-state index contributed by atoms with van der Waals surface area (Å²) in [5, 5.41) is 4.15. The predicted molar refractivity (Wildman–Crippen MR) is 85.9 cm³/mol. The maximum atomic E-state index is 12.7. The van der Waals surface area contributed by atoms with Crippen LogP contribution in [0.2, 0.25) is 0 Å². The summed E-state index contributed by atoms with van der Waals surface area (Å²) in [6, 6.07) is 3.63. The van der Waals surface area contributed by atoms with Gasteiger partial charge in [0.25, 0.3) is 10.0 Å². The van der Waals surface area contributed by atoms with Gasteiger partial charge in [-0.05, 0) is 18.1 Å². The summed E-state index contributed by atoms with van der Waals surface area (Å²) < 4.78 is 35.1. The number of nitrogens with one attached hydrogen (secondary N) is 1. The highest BCUT2D eigenvalue weighted by molar-refractivity contribution is 7.92. The summed E-state index contributed by atoms with van der Waals surface area (Å²) in [6.45, 7) is 7.10. The van der Waals surface area contributed by atoms with Gasteiger partial charge in [-0.15, -0.1) is 0 Å². The van der Waals surface area contributed by atoms with E-state index in [-0.39, 0.29) is 16.2 Å². The molecule has 8 heteroatoms. The summed E-state index contributed by atoms with van der Waals surface area (Å²) in [7, 11) is -3.80. The lowest BCUT2D eigenvalue weighted by Crippen LogP contribution is -2.33. The third kappa shape index (κ3) is 3.03. The topological polar surface area (TPSA) is 86.1 Å². The smallest absolute Gasteiger partial charge is 0.270 e. The van der Waals surface area contributed by atoms with E-state index in [2.05, 4.69) is 14.8 Å². The third-order valence-electron chi connectivity index (χ3n) is 3.73. The average Bonchev–Trinajstić information content (AvgIpc) is 2.89. The van der Waals surface area contributed by atoms with Crippen LogP contribution in [0.15, 0.2) is 29.4 Å². The molecule has 3 rings (SSSR count). The van der Waals surface area contributed by atoms with Crippen LogP contribution >= 0.6 is 0 Å². The number of pyridine rings is 1. The van der Waals surface area contributed by atoms with Crippen LogP contribution in [0.25, 0.3) is 0 Å². The second-order valence-corrected chi connectivity index (χ2v) is 8.05. The van der Waals surface area contributed by atoms with Gasteiger partial charge in [0.05, 0.1) is 19.3 Å². The Bertz CT molecular complexity index is 827. The lowest BCUT2D eigenvalue weighted by atomic mass is 9.94. The first-order chi connectivity index (χ1) is 10.8. The standard InChI is InChI=1S/C15H20N4O3S/c1-4-11-6-5-7-16-13(11)18-23(20,21)12-8-17-19-9-15(2,3)10-22-14(12)19/h5-8H,4,9-10H2,1-3H3,(H,16,18). The number of hydrogen-bond acceptors (Lipinski definition) is 5. The molecule has 0 spiro atoms. The molecule has 0 fully saturated rings. The van der Waals surface area contributed by atoms with Crippen molar-refractivity contribution >= 4 is 15.8 Å². The van der Waals surface area contributed by atoms with Crippen LogP contribution in [-0.4, -0.2) is 29.8 Å².